The van der Waals surface area contributed by atoms with Gasteiger partial charge in [0.25, 0.3) is 0 Å². The molecule has 4 heteroatoms. The number of nitrogens with two attached hydrogens (primary N) is 1. The molecule has 0 bridgehead atoms. The molecule has 0 aliphatic rings. The van der Waals surface area contributed by atoms with E-state index >= 15 is 0 Å². The Morgan fingerprint density at radius 1 is 1.69 bits per heavy atom. The summed E-state index contributed by atoms with van der Waals surface area (Å²) < 4.78 is 0. The number of aliphatic hydroxyl groups excluding tert-OH is 1. The minimum absolute atomic E-state index is 0.00473. The average molecular weight is 198 g/mol. The first-order valence-electron chi connectivity index (χ1n) is 4.20. The van der Waals surface area contributed by atoms with Gasteiger partial charge in [-0.05, 0) is 13.0 Å². The summed E-state index contributed by atoms with van der Waals surface area (Å²) >= 11 is 1.53. The fourth-order valence-electron chi connectivity index (χ4n) is 1.01. The molecule has 1 rings (SSSR count). The molecule has 0 saturated carbocycles. The molecule has 0 saturated heterocycles. The van der Waals surface area contributed by atoms with E-state index in [0.717, 1.165) is 10.6 Å². The summed E-state index contributed by atoms with van der Waals surface area (Å²) in [5.41, 5.74) is 6.81. The first kappa shape index (κ1) is 10.5. The van der Waals surface area contributed by atoms with E-state index in [1.54, 1.807) is 6.20 Å². The summed E-state index contributed by atoms with van der Waals surface area (Å²) in [6, 6.07) is 3.84. The third kappa shape index (κ3) is 2.99. The van der Waals surface area contributed by atoms with E-state index in [9.17, 15) is 0 Å². The number of thioether (sulfide) groups is 1. The van der Waals surface area contributed by atoms with Gasteiger partial charge in [0, 0.05) is 23.6 Å². The average Bonchev–Trinajstić information content (AvgIpc) is 2.15. The zero-order valence-corrected chi connectivity index (χ0v) is 8.42. The summed E-state index contributed by atoms with van der Waals surface area (Å²) in [6.07, 6.45) is 1.74. The monoisotopic (exact) mass is 198 g/mol. The highest BCUT2D eigenvalue weighted by atomic mass is 32.2. The number of aromatic nitrogens is 1. The van der Waals surface area contributed by atoms with Crippen LogP contribution < -0.4 is 5.73 Å². The quantitative estimate of drug-likeness (QED) is 0.713. The molecule has 1 aromatic heterocycles. The number of hydrogen-bond donors (Lipinski definition) is 2. The molecule has 0 aliphatic carbocycles. The third-order valence-electron chi connectivity index (χ3n) is 1.62. The van der Waals surface area contributed by atoms with Gasteiger partial charge in [0.2, 0.25) is 0 Å². The second-order valence-electron chi connectivity index (χ2n) is 2.76. The van der Waals surface area contributed by atoms with Crippen molar-refractivity contribution in [3.63, 3.8) is 0 Å². The molecule has 0 amide bonds. The van der Waals surface area contributed by atoms with Crippen LogP contribution in [0.5, 0.6) is 0 Å². The highest BCUT2D eigenvalue weighted by Gasteiger charge is 2.06. The van der Waals surface area contributed by atoms with Crippen LogP contribution in [0.1, 0.15) is 18.5 Å². The minimum atomic E-state index is -0.00473. The maximum atomic E-state index is 8.68. The molecule has 0 aromatic carbocycles. The fourth-order valence-corrected chi connectivity index (χ4v) is 1.85. The molecule has 0 fully saturated rings. The molecule has 0 spiro atoms. The van der Waals surface area contributed by atoms with Crippen molar-refractivity contribution >= 4 is 11.8 Å². The molecule has 0 radical (unpaired) electrons. The van der Waals surface area contributed by atoms with Crippen molar-refractivity contribution in [1.29, 1.82) is 0 Å². The zero-order valence-electron chi connectivity index (χ0n) is 7.60. The van der Waals surface area contributed by atoms with Gasteiger partial charge in [-0.15, -0.1) is 11.8 Å². The molecular weight excluding hydrogens is 184 g/mol. The van der Waals surface area contributed by atoms with Crippen molar-refractivity contribution in [3.8, 4) is 0 Å². The molecule has 0 aliphatic heterocycles. The Labute approximate surface area is 82.4 Å². The van der Waals surface area contributed by atoms with Gasteiger partial charge in [-0.2, -0.15) is 0 Å². The molecule has 1 aromatic rings. The normalized spacial score (nSPS) is 12.8. The van der Waals surface area contributed by atoms with Crippen molar-refractivity contribution in [3.05, 3.63) is 23.9 Å². The van der Waals surface area contributed by atoms with E-state index in [1.165, 1.54) is 11.8 Å². The van der Waals surface area contributed by atoms with Crippen molar-refractivity contribution in [2.75, 3.05) is 12.4 Å². The summed E-state index contributed by atoms with van der Waals surface area (Å²) in [7, 11) is 0. The van der Waals surface area contributed by atoms with Crippen LogP contribution in [0.3, 0.4) is 0 Å². The lowest BCUT2D eigenvalue weighted by Gasteiger charge is -2.09. The van der Waals surface area contributed by atoms with Crippen molar-refractivity contribution < 1.29 is 5.11 Å². The van der Waals surface area contributed by atoms with E-state index in [1.807, 2.05) is 19.1 Å². The maximum absolute atomic E-state index is 8.68. The summed E-state index contributed by atoms with van der Waals surface area (Å²) in [5, 5.41) is 9.60. The summed E-state index contributed by atoms with van der Waals surface area (Å²) in [4.78, 5) is 4.21. The minimum Gasteiger partial charge on any atom is -0.396 e. The smallest absolute Gasteiger partial charge is 0.101 e. The Bertz CT molecular complexity index is 266. The molecular formula is C9H14N2OS. The Kier molecular flexibility index (Phi) is 4.21. The first-order valence-corrected chi connectivity index (χ1v) is 5.18. The predicted molar refractivity (Wildman–Crippen MR) is 54.6 cm³/mol. The van der Waals surface area contributed by atoms with Crippen LogP contribution in [0.25, 0.3) is 0 Å². The lowest BCUT2D eigenvalue weighted by Crippen LogP contribution is -2.07. The zero-order chi connectivity index (χ0) is 9.68. The van der Waals surface area contributed by atoms with Gasteiger partial charge < -0.3 is 10.8 Å². The largest absolute Gasteiger partial charge is 0.396 e. The summed E-state index contributed by atoms with van der Waals surface area (Å²) in [6.45, 7) is 2.10. The Hall–Kier alpha value is -0.580. The van der Waals surface area contributed by atoms with Gasteiger partial charge in [-0.25, -0.2) is 4.98 Å². The van der Waals surface area contributed by atoms with Gasteiger partial charge in [0.15, 0.2) is 0 Å². The van der Waals surface area contributed by atoms with Crippen LogP contribution in [0.2, 0.25) is 0 Å². The SMILES string of the molecule is CC(N)c1cccnc1SCCO. The highest BCUT2D eigenvalue weighted by molar-refractivity contribution is 7.99. The predicted octanol–water partition coefficient (Wildman–Crippen LogP) is 1.19. The maximum Gasteiger partial charge on any atom is 0.101 e. The standard InChI is InChI=1S/C9H14N2OS/c1-7(10)8-3-2-4-11-9(8)13-6-5-12/h2-4,7,12H,5-6,10H2,1H3. The number of aliphatic hydroxyl groups is 1. The first-order chi connectivity index (χ1) is 6.25. The van der Waals surface area contributed by atoms with Crippen LogP contribution in [-0.2, 0) is 0 Å². The third-order valence-corrected chi connectivity index (χ3v) is 2.62. The Morgan fingerprint density at radius 3 is 3.08 bits per heavy atom. The van der Waals surface area contributed by atoms with E-state index in [2.05, 4.69) is 4.98 Å². The number of hydrogen-bond acceptors (Lipinski definition) is 4. The van der Waals surface area contributed by atoms with Crippen molar-refractivity contribution in [1.82, 2.24) is 4.98 Å². The summed E-state index contributed by atoms with van der Waals surface area (Å²) in [5.74, 6) is 0.663. The van der Waals surface area contributed by atoms with Crippen LogP contribution in [0.4, 0.5) is 0 Å². The number of pyridine rings is 1. The Balaban J connectivity index is 2.78. The topological polar surface area (TPSA) is 59.1 Å². The van der Waals surface area contributed by atoms with Crippen molar-refractivity contribution in [2.24, 2.45) is 5.73 Å². The van der Waals surface area contributed by atoms with Gasteiger partial charge >= 0.3 is 0 Å². The fraction of sp³-hybridized carbons (Fsp3) is 0.444. The van der Waals surface area contributed by atoms with Crippen LogP contribution in [0, 0.1) is 0 Å². The molecule has 1 heterocycles. The molecule has 13 heavy (non-hydrogen) atoms. The van der Waals surface area contributed by atoms with Crippen LogP contribution in [0.15, 0.2) is 23.4 Å². The second kappa shape index (κ2) is 5.21. The van der Waals surface area contributed by atoms with E-state index < -0.39 is 0 Å². The van der Waals surface area contributed by atoms with Gasteiger partial charge in [-0.3, -0.25) is 0 Å². The van der Waals surface area contributed by atoms with Gasteiger partial charge in [0.1, 0.15) is 5.03 Å². The van der Waals surface area contributed by atoms with E-state index in [-0.39, 0.29) is 12.6 Å². The van der Waals surface area contributed by atoms with E-state index in [0.29, 0.717) is 5.75 Å². The second-order valence-corrected chi connectivity index (χ2v) is 3.84. The Morgan fingerprint density at radius 2 is 2.46 bits per heavy atom. The lowest BCUT2D eigenvalue weighted by atomic mass is 10.2. The number of nitrogens with zero attached hydrogens (tertiary/aromatic N) is 1. The van der Waals surface area contributed by atoms with Crippen LogP contribution >= 0.6 is 11.8 Å². The molecule has 3 nitrogen and oxygen atoms in total. The highest BCUT2D eigenvalue weighted by Crippen LogP contribution is 2.23. The number of rotatable bonds is 4. The molecule has 1 unspecified atom stereocenters. The molecule has 72 valence electrons. The molecule has 3 N–H and O–H groups in total. The van der Waals surface area contributed by atoms with Gasteiger partial charge in [0.05, 0.1) is 6.61 Å². The lowest BCUT2D eigenvalue weighted by molar-refractivity contribution is 0.322. The van der Waals surface area contributed by atoms with Crippen LogP contribution in [-0.4, -0.2) is 22.5 Å². The van der Waals surface area contributed by atoms with Gasteiger partial charge in [-0.1, -0.05) is 6.07 Å². The van der Waals surface area contributed by atoms with E-state index in [4.69, 9.17) is 10.8 Å². The molecule has 1 atom stereocenters. The van der Waals surface area contributed by atoms with Crippen molar-refractivity contribution in [2.45, 2.75) is 18.0 Å².